The first-order valence-electron chi connectivity index (χ1n) is 17.5. The summed E-state index contributed by atoms with van der Waals surface area (Å²) in [5.41, 5.74) is -1.75. The summed E-state index contributed by atoms with van der Waals surface area (Å²) in [5, 5.41) is 74.6. The molecule has 1 saturated heterocycles. The third kappa shape index (κ3) is 4.77. The second kappa shape index (κ2) is 10.9. The van der Waals surface area contributed by atoms with E-state index in [1.807, 2.05) is 6.92 Å². The molecule has 266 valence electrons. The smallest absolute Gasteiger partial charge is 0.333 e. The van der Waals surface area contributed by atoms with Gasteiger partial charge in [-0.25, -0.2) is 4.79 Å². The van der Waals surface area contributed by atoms with Gasteiger partial charge in [-0.05, 0) is 97.2 Å². The number of carboxylic acids is 2. The Hall–Kier alpha value is -1.60. The summed E-state index contributed by atoms with van der Waals surface area (Å²) < 4.78 is 11.8. The number of rotatable bonds is 5. The fourth-order valence-electron chi connectivity index (χ4n) is 12.3. The molecule has 0 radical (unpaired) electrons. The van der Waals surface area contributed by atoms with Gasteiger partial charge in [0.25, 0.3) is 0 Å². The molecule has 0 aromatic rings. The van der Waals surface area contributed by atoms with Crippen LogP contribution in [0.3, 0.4) is 0 Å². The highest BCUT2D eigenvalue weighted by molar-refractivity contribution is 5.77. The molecule has 4 saturated carbocycles. The fourth-order valence-corrected chi connectivity index (χ4v) is 12.3. The van der Waals surface area contributed by atoms with Crippen molar-refractivity contribution in [2.45, 2.75) is 142 Å². The van der Waals surface area contributed by atoms with Crippen LogP contribution in [0, 0.1) is 50.2 Å². The molecule has 0 bridgehead atoms. The maximum absolute atomic E-state index is 13.0. The number of hydrogen-bond acceptors (Lipinski definition) is 9. The Balaban J connectivity index is 1.33. The van der Waals surface area contributed by atoms with E-state index in [4.69, 9.17) is 9.47 Å². The van der Waals surface area contributed by atoms with Gasteiger partial charge in [0.1, 0.15) is 5.41 Å². The van der Waals surface area contributed by atoms with Crippen molar-refractivity contribution < 1.29 is 54.8 Å². The maximum atomic E-state index is 13.0. The lowest BCUT2D eigenvalue weighted by Crippen LogP contribution is -2.68. The van der Waals surface area contributed by atoms with E-state index in [1.165, 1.54) is 5.57 Å². The highest BCUT2D eigenvalue weighted by atomic mass is 16.7. The summed E-state index contributed by atoms with van der Waals surface area (Å²) in [6.45, 7) is 13.0. The normalized spacial score (nSPS) is 51.8. The molecule has 11 heteroatoms. The average Bonchev–Trinajstić information content (AvgIpc) is 2.96. The lowest BCUT2D eigenvalue weighted by Gasteiger charge is -2.71. The van der Waals surface area contributed by atoms with E-state index < -0.39 is 71.1 Å². The molecule has 5 aliphatic carbocycles. The summed E-state index contributed by atoms with van der Waals surface area (Å²) in [6, 6.07) is 0. The van der Waals surface area contributed by atoms with Gasteiger partial charge in [0, 0.05) is 11.8 Å². The van der Waals surface area contributed by atoms with Crippen LogP contribution in [0.5, 0.6) is 0 Å². The standard InChI is InChI=1S/C36H56O11/c1-30(2)13-14-35(29(42)43)20(15-30)19-7-8-23-31(3)11-10-25(47-28-26(39)36(44,45)16-21(46-28)27(40)41)32(4,18-37)22(31)9-12-33(23,5)34(19,6)17-24(35)38/h7,20-26,28,37-39,44-45H,8-18H2,1-6H3,(H,40,41)(H,42,43). The maximum Gasteiger partial charge on any atom is 0.333 e. The molecule has 6 rings (SSSR count). The molecule has 5 fully saturated rings. The van der Waals surface area contributed by atoms with Gasteiger partial charge < -0.3 is 45.2 Å². The van der Waals surface area contributed by atoms with Crippen molar-refractivity contribution >= 4 is 11.9 Å². The third-order valence-corrected chi connectivity index (χ3v) is 15.3. The minimum Gasteiger partial charge on any atom is -0.481 e. The molecule has 0 aromatic heterocycles. The van der Waals surface area contributed by atoms with Crippen molar-refractivity contribution in [3.8, 4) is 0 Å². The zero-order chi connectivity index (χ0) is 34.8. The molecule has 0 spiro atoms. The van der Waals surface area contributed by atoms with Crippen molar-refractivity contribution in [2.24, 2.45) is 50.2 Å². The number of hydrogen-bond donors (Lipinski definition) is 7. The topological polar surface area (TPSA) is 194 Å². The molecule has 47 heavy (non-hydrogen) atoms. The van der Waals surface area contributed by atoms with Crippen molar-refractivity contribution in [1.29, 1.82) is 0 Å². The third-order valence-electron chi connectivity index (χ3n) is 15.3. The number of allylic oxidation sites excluding steroid dienone is 2. The number of carbonyl (C=O) groups is 2. The Kier molecular flexibility index (Phi) is 8.21. The lowest BCUT2D eigenvalue weighted by molar-refractivity contribution is -0.365. The molecule has 1 heterocycles. The first kappa shape index (κ1) is 35.2. The Morgan fingerprint density at radius 3 is 2.21 bits per heavy atom. The summed E-state index contributed by atoms with van der Waals surface area (Å²) in [6.07, 6.45) is 0.759. The van der Waals surface area contributed by atoms with Crippen molar-refractivity contribution in [2.75, 3.05) is 6.61 Å². The molecule has 0 amide bonds. The highest BCUT2D eigenvalue weighted by Crippen LogP contribution is 2.76. The van der Waals surface area contributed by atoms with Crippen LogP contribution in [0.25, 0.3) is 0 Å². The summed E-state index contributed by atoms with van der Waals surface area (Å²) in [7, 11) is 0. The van der Waals surface area contributed by atoms with Crippen molar-refractivity contribution in [1.82, 2.24) is 0 Å². The van der Waals surface area contributed by atoms with Crippen LogP contribution in [0.15, 0.2) is 11.6 Å². The highest BCUT2D eigenvalue weighted by Gasteiger charge is 2.72. The summed E-state index contributed by atoms with van der Waals surface area (Å²) in [4.78, 5) is 24.7. The second-order valence-corrected chi connectivity index (χ2v) is 18.0. The van der Waals surface area contributed by atoms with E-state index in [1.54, 1.807) is 0 Å². The van der Waals surface area contributed by atoms with Crippen LogP contribution in [0.1, 0.15) is 106 Å². The lowest BCUT2D eigenvalue weighted by atomic mass is 9.33. The van der Waals surface area contributed by atoms with Gasteiger partial charge in [-0.2, -0.15) is 0 Å². The number of carboxylic acid groups (broad SMARTS) is 2. The van der Waals surface area contributed by atoms with E-state index in [-0.39, 0.29) is 40.6 Å². The van der Waals surface area contributed by atoms with Crippen LogP contribution in [-0.4, -0.2) is 90.8 Å². The fraction of sp³-hybridized carbons (Fsp3) is 0.889. The van der Waals surface area contributed by atoms with Crippen LogP contribution >= 0.6 is 0 Å². The van der Waals surface area contributed by atoms with E-state index in [2.05, 4.69) is 40.7 Å². The zero-order valence-electron chi connectivity index (χ0n) is 28.7. The molecule has 13 atom stereocenters. The van der Waals surface area contributed by atoms with E-state index in [0.29, 0.717) is 25.7 Å². The van der Waals surface area contributed by atoms with Gasteiger partial charge in [-0.1, -0.05) is 53.2 Å². The molecular weight excluding hydrogens is 608 g/mol. The van der Waals surface area contributed by atoms with Gasteiger partial charge in [0.2, 0.25) is 0 Å². The average molecular weight is 665 g/mol. The Morgan fingerprint density at radius 2 is 1.60 bits per heavy atom. The van der Waals surface area contributed by atoms with Crippen molar-refractivity contribution in [3.05, 3.63) is 11.6 Å². The van der Waals surface area contributed by atoms with Crippen LogP contribution in [0.2, 0.25) is 0 Å². The van der Waals surface area contributed by atoms with Gasteiger partial charge in [-0.3, -0.25) is 4.79 Å². The first-order chi connectivity index (χ1) is 21.6. The molecular formula is C36H56O11. The summed E-state index contributed by atoms with van der Waals surface area (Å²) in [5.74, 6) is -5.10. The molecule has 1 aliphatic heterocycles. The van der Waals surface area contributed by atoms with Crippen LogP contribution in [-0.2, 0) is 19.1 Å². The first-order valence-corrected chi connectivity index (χ1v) is 17.5. The van der Waals surface area contributed by atoms with Crippen molar-refractivity contribution in [3.63, 3.8) is 0 Å². The predicted octanol–water partition coefficient (Wildman–Crippen LogP) is 3.44. The summed E-state index contributed by atoms with van der Waals surface area (Å²) >= 11 is 0. The van der Waals surface area contributed by atoms with Crippen LogP contribution < -0.4 is 0 Å². The number of fused-ring (bicyclic) bond motifs is 7. The molecule has 7 N–H and O–H groups in total. The van der Waals surface area contributed by atoms with E-state index >= 15 is 0 Å². The van der Waals surface area contributed by atoms with Gasteiger partial charge in [0.05, 0.1) is 18.8 Å². The number of aliphatic carboxylic acids is 2. The largest absolute Gasteiger partial charge is 0.481 e. The second-order valence-electron chi connectivity index (χ2n) is 18.0. The van der Waals surface area contributed by atoms with Crippen LogP contribution in [0.4, 0.5) is 0 Å². The minimum absolute atomic E-state index is 0.0281. The monoisotopic (exact) mass is 664 g/mol. The predicted molar refractivity (Wildman–Crippen MR) is 168 cm³/mol. The van der Waals surface area contributed by atoms with E-state index in [0.717, 1.165) is 32.1 Å². The Bertz CT molecular complexity index is 1330. The SMILES string of the molecule is CC1(C)CCC2(C(=O)O)C(O)CC3(C)C(=CCC4C5(C)CCC(OC6OC(C(=O)O)CC(O)(O)C6O)C(C)(CO)C5CCC43C)C2C1. The number of ether oxygens (including phenoxy) is 2. The zero-order valence-corrected chi connectivity index (χ0v) is 28.7. The van der Waals surface area contributed by atoms with Gasteiger partial charge in [-0.15, -0.1) is 0 Å². The molecule has 11 nitrogen and oxygen atoms in total. The Morgan fingerprint density at radius 1 is 0.915 bits per heavy atom. The molecule has 0 aromatic carbocycles. The Labute approximate surface area is 277 Å². The molecule has 6 aliphatic rings. The van der Waals surface area contributed by atoms with Gasteiger partial charge >= 0.3 is 11.9 Å². The number of aliphatic hydroxyl groups is 5. The quantitative estimate of drug-likeness (QED) is 0.129. The van der Waals surface area contributed by atoms with E-state index in [9.17, 15) is 45.3 Å². The minimum atomic E-state index is -2.71. The number of aliphatic hydroxyl groups excluding tert-OH is 3. The molecule has 13 unspecified atom stereocenters. The van der Waals surface area contributed by atoms with Gasteiger partial charge in [0.15, 0.2) is 24.3 Å².